The smallest absolute Gasteiger partial charge is 0.387 e. The van der Waals surface area contributed by atoms with Crippen LogP contribution in [0.15, 0.2) is 24.3 Å². The van der Waals surface area contributed by atoms with Gasteiger partial charge in [-0.3, -0.25) is 14.4 Å². The number of carbonyl (C=O) groups excluding carboxylic acids is 1. The van der Waals surface area contributed by atoms with E-state index in [9.17, 15) is 13.6 Å². The van der Waals surface area contributed by atoms with E-state index in [1.807, 2.05) is 39.8 Å². The number of aryl methyl sites for hydroxylation is 2. The lowest BCUT2D eigenvalue weighted by Crippen LogP contribution is -2.39. The minimum Gasteiger partial charge on any atom is -0.435 e. The first-order chi connectivity index (χ1) is 12.2. The van der Waals surface area contributed by atoms with Gasteiger partial charge in [-0.05, 0) is 45.5 Å². The van der Waals surface area contributed by atoms with Crippen LogP contribution < -0.4 is 10.1 Å². The number of ether oxygens (including phenoxy) is 1. The largest absolute Gasteiger partial charge is 0.435 e. The Balaban J connectivity index is 1.97. The zero-order valence-corrected chi connectivity index (χ0v) is 15.6. The highest BCUT2D eigenvalue weighted by Gasteiger charge is 2.21. The van der Waals surface area contributed by atoms with Crippen molar-refractivity contribution in [2.75, 3.05) is 12.4 Å². The third-order valence-corrected chi connectivity index (χ3v) is 4.38. The van der Waals surface area contributed by atoms with E-state index in [1.54, 1.807) is 16.8 Å². The molecule has 1 unspecified atom stereocenters. The molecule has 0 saturated heterocycles. The number of nitrogens with zero attached hydrogens (tertiary/aromatic N) is 3. The van der Waals surface area contributed by atoms with Gasteiger partial charge in [0, 0.05) is 13.6 Å². The van der Waals surface area contributed by atoms with Crippen LogP contribution in [0.4, 0.5) is 14.5 Å². The predicted octanol–water partition coefficient (Wildman–Crippen LogP) is 3.10. The van der Waals surface area contributed by atoms with Crippen LogP contribution in [0.2, 0.25) is 0 Å². The second kappa shape index (κ2) is 8.27. The highest BCUT2D eigenvalue weighted by atomic mass is 19.3. The molecule has 1 amide bonds. The van der Waals surface area contributed by atoms with Crippen LogP contribution in [-0.2, 0) is 18.4 Å². The summed E-state index contributed by atoms with van der Waals surface area (Å²) in [6, 6.07) is 6.00. The second-order valence-electron chi connectivity index (χ2n) is 6.27. The Morgan fingerprint density at radius 1 is 1.31 bits per heavy atom. The molecule has 0 aliphatic carbocycles. The van der Waals surface area contributed by atoms with Crippen molar-refractivity contribution in [3.05, 3.63) is 41.2 Å². The van der Waals surface area contributed by atoms with E-state index in [0.717, 1.165) is 22.6 Å². The molecule has 0 bridgehead atoms. The number of carbonyl (C=O) groups is 1. The molecule has 142 valence electrons. The lowest BCUT2D eigenvalue weighted by molar-refractivity contribution is -0.120. The van der Waals surface area contributed by atoms with Crippen LogP contribution in [0, 0.1) is 13.8 Å². The Labute approximate surface area is 151 Å². The highest BCUT2D eigenvalue weighted by molar-refractivity contribution is 5.95. The molecule has 1 N–H and O–H groups in total. The van der Waals surface area contributed by atoms with Crippen molar-refractivity contribution in [2.24, 2.45) is 7.05 Å². The summed E-state index contributed by atoms with van der Waals surface area (Å²) in [6.45, 7) is 3.21. The summed E-state index contributed by atoms with van der Waals surface area (Å²) in [5.74, 6) is -0.0240. The summed E-state index contributed by atoms with van der Waals surface area (Å²) < 4.78 is 30.4. The maximum absolute atomic E-state index is 12.5. The maximum atomic E-state index is 12.5. The first-order valence-electron chi connectivity index (χ1n) is 8.24. The lowest BCUT2D eigenvalue weighted by atomic mass is 10.1. The minimum absolute atomic E-state index is 0.111. The number of rotatable bonds is 7. The Morgan fingerprint density at radius 2 is 1.92 bits per heavy atom. The van der Waals surface area contributed by atoms with Gasteiger partial charge < -0.3 is 10.1 Å². The molecule has 2 aromatic rings. The fourth-order valence-corrected chi connectivity index (χ4v) is 2.58. The van der Waals surface area contributed by atoms with Crippen molar-refractivity contribution in [2.45, 2.75) is 40.0 Å². The molecule has 0 spiro atoms. The normalized spacial score (nSPS) is 12.5. The van der Waals surface area contributed by atoms with Crippen molar-refractivity contribution in [1.29, 1.82) is 0 Å². The van der Waals surface area contributed by atoms with E-state index in [2.05, 4.69) is 15.2 Å². The van der Waals surface area contributed by atoms with Crippen molar-refractivity contribution in [1.82, 2.24) is 14.7 Å². The predicted molar refractivity (Wildman–Crippen MR) is 95.3 cm³/mol. The van der Waals surface area contributed by atoms with Crippen LogP contribution in [0.25, 0.3) is 0 Å². The molecule has 26 heavy (non-hydrogen) atoms. The van der Waals surface area contributed by atoms with Gasteiger partial charge in [0.1, 0.15) is 5.75 Å². The number of amides is 1. The highest BCUT2D eigenvalue weighted by Crippen LogP contribution is 2.20. The van der Waals surface area contributed by atoms with Gasteiger partial charge in [-0.25, -0.2) is 0 Å². The third kappa shape index (κ3) is 4.78. The van der Waals surface area contributed by atoms with Gasteiger partial charge in [-0.2, -0.15) is 13.9 Å². The zero-order valence-electron chi connectivity index (χ0n) is 15.6. The molecule has 1 heterocycles. The second-order valence-corrected chi connectivity index (χ2v) is 6.27. The summed E-state index contributed by atoms with van der Waals surface area (Å²) in [6.07, 6.45) is 0. The van der Waals surface area contributed by atoms with Gasteiger partial charge in [0.25, 0.3) is 0 Å². The van der Waals surface area contributed by atoms with E-state index < -0.39 is 6.61 Å². The Hall–Kier alpha value is -2.48. The molecular weight excluding hydrogens is 342 g/mol. The number of alkyl halides is 2. The van der Waals surface area contributed by atoms with E-state index in [0.29, 0.717) is 6.54 Å². The SMILES string of the molecule is Cc1nn(C)c(C)c1NC(=O)C(C)N(C)Cc1ccc(OC(F)F)cc1. The van der Waals surface area contributed by atoms with E-state index >= 15 is 0 Å². The molecule has 8 heteroatoms. The van der Waals surface area contributed by atoms with Crippen LogP contribution in [-0.4, -0.2) is 40.3 Å². The number of anilines is 1. The minimum atomic E-state index is -2.84. The molecule has 0 radical (unpaired) electrons. The molecule has 0 aliphatic rings. The quantitative estimate of drug-likeness (QED) is 0.818. The van der Waals surface area contributed by atoms with Crippen molar-refractivity contribution < 1.29 is 18.3 Å². The van der Waals surface area contributed by atoms with Gasteiger partial charge in [-0.15, -0.1) is 0 Å². The van der Waals surface area contributed by atoms with Crippen LogP contribution >= 0.6 is 0 Å². The molecule has 1 atom stereocenters. The fourth-order valence-electron chi connectivity index (χ4n) is 2.58. The number of likely N-dealkylation sites (N-methyl/N-ethyl adjacent to an activating group) is 1. The Morgan fingerprint density at radius 3 is 2.42 bits per heavy atom. The average molecular weight is 366 g/mol. The lowest BCUT2D eigenvalue weighted by Gasteiger charge is -2.24. The molecule has 2 rings (SSSR count). The van der Waals surface area contributed by atoms with Crippen LogP contribution in [0.5, 0.6) is 5.75 Å². The van der Waals surface area contributed by atoms with Crippen molar-refractivity contribution in [3.8, 4) is 5.75 Å². The number of nitrogens with one attached hydrogen (secondary N) is 1. The summed E-state index contributed by atoms with van der Waals surface area (Å²) in [4.78, 5) is 14.4. The Bertz CT molecular complexity index is 759. The van der Waals surface area contributed by atoms with Gasteiger partial charge >= 0.3 is 6.61 Å². The van der Waals surface area contributed by atoms with Crippen molar-refractivity contribution in [3.63, 3.8) is 0 Å². The van der Waals surface area contributed by atoms with Crippen LogP contribution in [0.1, 0.15) is 23.9 Å². The molecule has 1 aromatic heterocycles. The zero-order chi connectivity index (χ0) is 19.4. The van der Waals surface area contributed by atoms with E-state index in [1.165, 1.54) is 12.1 Å². The molecular formula is C18H24F2N4O2. The third-order valence-electron chi connectivity index (χ3n) is 4.38. The topological polar surface area (TPSA) is 59.4 Å². The average Bonchev–Trinajstić information content (AvgIpc) is 2.81. The van der Waals surface area contributed by atoms with Gasteiger partial charge in [0.2, 0.25) is 5.91 Å². The summed E-state index contributed by atoms with van der Waals surface area (Å²) >= 11 is 0. The first kappa shape index (κ1) is 19.8. The maximum Gasteiger partial charge on any atom is 0.387 e. The van der Waals surface area contributed by atoms with Crippen LogP contribution in [0.3, 0.4) is 0 Å². The fraction of sp³-hybridized carbons (Fsp3) is 0.444. The van der Waals surface area contributed by atoms with E-state index in [4.69, 9.17) is 0 Å². The summed E-state index contributed by atoms with van der Waals surface area (Å²) in [5.41, 5.74) is 3.27. The van der Waals surface area contributed by atoms with Gasteiger partial charge in [0.05, 0.1) is 23.1 Å². The summed E-state index contributed by atoms with van der Waals surface area (Å²) in [7, 11) is 3.66. The van der Waals surface area contributed by atoms with Gasteiger partial charge in [0.15, 0.2) is 0 Å². The Kier molecular flexibility index (Phi) is 6.31. The number of hydrogen-bond acceptors (Lipinski definition) is 4. The number of benzene rings is 1. The molecule has 6 nitrogen and oxygen atoms in total. The monoisotopic (exact) mass is 366 g/mol. The molecule has 0 aliphatic heterocycles. The molecule has 1 aromatic carbocycles. The van der Waals surface area contributed by atoms with E-state index in [-0.39, 0.29) is 17.7 Å². The first-order valence-corrected chi connectivity index (χ1v) is 8.24. The molecule has 0 saturated carbocycles. The van der Waals surface area contributed by atoms with Gasteiger partial charge in [-0.1, -0.05) is 12.1 Å². The standard InChI is InChI=1S/C18H24F2N4O2/c1-11-16(12(2)24(5)22-11)21-17(25)13(3)23(4)10-14-6-8-15(9-7-14)26-18(19)20/h6-9,13,18H,10H2,1-5H3,(H,21,25). The number of halogens is 2. The summed E-state index contributed by atoms with van der Waals surface area (Å²) in [5, 5.41) is 7.22. The number of hydrogen-bond donors (Lipinski definition) is 1. The van der Waals surface area contributed by atoms with Crippen molar-refractivity contribution >= 4 is 11.6 Å². The molecule has 0 fully saturated rings. The number of aromatic nitrogens is 2.